The first-order valence-electron chi connectivity index (χ1n) is 8.57. The minimum absolute atomic E-state index is 0.0903. The number of ether oxygens (including phenoxy) is 1. The molecule has 0 fully saturated rings. The smallest absolute Gasteiger partial charge is 0.228 e. The molecule has 0 saturated heterocycles. The number of carbonyl (C=O) groups is 1. The standard InChI is InChI=1S/C20H19N5O2/c1-27-18-7-5-15(6-8-18)10-20(26)23-16-11-21-25(13-16)14-17-12-24-9-3-2-4-19(24)22-17/h2-9,11-13H,10,14H2,1H3,(H,23,26). The zero-order chi connectivity index (χ0) is 18.6. The number of carbonyl (C=O) groups excluding carboxylic acids is 1. The normalized spacial score (nSPS) is 10.9. The number of pyridine rings is 1. The van der Waals surface area contributed by atoms with Crippen LogP contribution >= 0.6 is 0 Å². The molecular weight excluding hydrogens is 342 g/mol. The fourth-order valence-corrected chi connectivity index (χ4v) is 2.88. The quantitative estimate of drug-likeness (QED) is 0.573. The number of hydrogen-bond donors (Lipinski definition) is 1. The maximum atomic E-state index is 12.2. The molecule has 0 radical (unpaired) electrons. The van der Waals surface area contributed by atoms with E-state index in [9.17, 15) is 4.79 Å². The van der Waals surface area contributed by atoms with Crippen molar-refractivity contribution >= 4 is 17.2 Å². The van der Waals surface area contributed by atoms with Gasteiger partial charge >= 0.3 is 0 Å². The van der Waals surface area contributed by atoms with Gasteiger partial charge in [-0.15, -0.1) is 0 Å². The van der Waals surface area contributed by atoms with Crippen molar-refractivity contribution in [3.05, 3.63) is 78.5 Å². The molecule has 0 bridgehead atoms. The molecule has 7 heteroatoms. The largest absolute Gasteiger partial charge is 0.497 e. The lowest BCUT2D eigenvalue weighted by Gasteiger charge is -2.04. The van der Waals surface area contributed by atoms with Gasteiger partial charge in [0.15, 0.2) is 0 Å². The average molecular weight is 361 g/mol. The molecule has 3 heterocycles. The molecule has 0 aliphatic carbocycles. The molecule has 1 amide bonds. The summed E-state index contributed by atoms with van der Waals surface area (Å²) < 4.78 is 8.85. The van der Waals surface area contributed by atoms with Crippen LogP contribution in [0.4, 0.5) is 5.69 Å². The van der Waals surface area contributed by atoms with Gasteiger partial charge in [0.05, 0.1) is 37.7 Å². The Labute approximate surface area is 156 Å². The molecule has 136 valence electrons. The highest BCUT2D eigenvalue weighted by Crippen LogP contribution is 2.13. The summed E-state index contributed by atoms with van der Waals surface area (Å²) in [5.74, 6) is 0.680. The van der Waals surface area contributed by atoms with Gasteiger partial charge in [-0.1, -0.05) is 18.2 Å². The van der Waals surface area contributed by atoms with Crippen molar-refractivity contribution in [2.45, 2.75) is 13.0 Å². The highest BCUT2D eigenvalue weighted by atomic mass is 16.5. The maximum absolute atomic E-state index is 12.2. The van der Waals surface area contributed by atoms with Crippen molar-refractivity contribution in [2.24, 2.45) is 0 Å². The lowest BCUT2D eigenvalue weighted by Crippen LogP contribution is -2.14. The van der Waals surface area contributed by atoms with E-state index in [1.165, 1.54) is 0 Å². The van der Waals surface area contributed by atoms with Crippen molar-refractivity contribution in [2.75, 3.05) is 12.4 Å². The Kier molecular flexibility index (Phi) is 4.57. The third kappa shape index (κ3) is 3.98. The SMILES string of the molecule is COc1ccc(CC(=O)Nc2cnn(Cc3cn4ccccc4n3)c2)cc1. The van der Waals surface area contributed by atoms with Crippen molar-refractivity contribution in [3.8, 4) is 5.75 Å². The second-order valence-electron chi connectivity index (χ2n) is 6.20. The topological polar surface area (TPSA) is 73.5 Å². The molecule has 27 heavy (non-hydrogen) atoms. The van der Waals surface area contributed by atoms with Gasteiger partial charge in [-0.2, -0.15) is 5.10 Å². The van der Waals surface area contributed by atoms with E-state index >= 15 is 0 Å². The van der Waals surface area contributed by atoms with Crippen LogP contribution in [0.15, 0.2) is 67.3 Å². The van der Waals surface area contributed by atoms with Gasteiger partial charge in [0.25, 0.3) is 0 Å². The van der Waals surface area contributed by atoms with E-state index in [1.54, 1.807) is 24.2 Å². The summed E-state index contributed by atoms with van der Waals surface area (Å²) >= 11 is 0. The number of nitrogens with zero attached hydrogens (tertiary/aromatic N) is 4. The summed E-state index contributed by atoms with van der Waals surface area (Å²) in [6, 6.07) is 13.3. The van der Waals surface area contributed by atoms with Gasteiger partial charge in [-0.25, -0.2) is 4.98 Å². The molecule has 1 aromatic carbocycles. The summed E-state index contributed by atoms with van der Waals surface area (Å²) in [4.78, 5) is 16.8. The van der Waals surface area contributed by atoms with E-state index in [2.05, 4.69) is 15.4 Å². The molecule has 1 N–H and O–H groups in total. The fourth-order valence-electron chi connectivity index (χ4n) is 2.88. The molecule has 7 nitrogen and oxygen atoms in total. The molecule has 0 spiro atoms. The Morgan fingerprint density at radius 2 is 2.00 bits per heavy atom. The van der Waals surface area contributed by atoms with Gasteiger partial charge in [0.1, 0.15) is 11.4 Å². The molecule has 4 rings (SSSR count). The van der Waals surface area contributed by atoms with Crippen LogP contribution in [0.3, 0.4) is 0 Å². The number of nitrogens with one attached hydrogen (secondary N) is 1. The van der Waals surface area contributed by atoms with Crippen LogP contribution in [-0.2, 0) is 17.8 Å². The number of rotatable bonds is 6. The number of imidazole rings is 1. The van der Waals surface area contributed by atoms with E-state index in [0.717, 1.165) is 22.7 Å². The van der Waals surface area contributed by atoms with Crippen LogP contribution in [0.25, 0.3) is 5.65 Å². The predicted molar refractivity (Wildman–Crippen MR) is 102 cm³/mol. The van der Waals surface area contributed by atoms with Crippen LogP contribution in [0.2, 0.25) is 0 Å². The van der Waals surface area contributed by atoms with Gasteiger partial charge < -0.3 is 14.5 Å². The molecule has 0 saturated carbocycles. The lowest BCUT2D eigenvalue weighted by atomic mass is 10.1. The maximum Gasteiger partial charge on any atom is 0.228 e. The second-order valence-corrected chi connectivity index (χ2v) is 6.20. The number of aromatic nitrogens is 4. The van der Waals surface area contributed by atoms with Crippen LogP contribution in [-0.4, -0.2) is 32.2 Å². The average Bonchev–Trinajstić information content (AvgIpc) is 3.28. The Morgan fingerprint density at radius 1 is 1.15 bits per heavy atom. The molecular formula is C20H19N5O2. The third-order valence-corrected chi connectivity index (χ3v) is 4.18. The molecule has 0 aliphatic heterocycles. The zero-order valence-corrected chi connectivity index (χ0v) is 14.9. The van der Waals surface area contributed by atoms with Gasteiger partial charge in [-0.3, -0.25) is 9.48 Å². The Balaban J connectivity index is 1.37. The van der Waals surface area contributed by atoms with E-state index in [1.807, 2.05) is 59.3 Å². The van der Waals surface area contributed by atoms with Crippen LogP contribution in [0.5, 0.6) is 5.75 Å². The van der Waals surface area contributed by atoms with Crippen molar-refractivity contribution < 1.29 is 9.53 Å². The minimum atomic E-state index is -0.0903. The van der Waals surface area contributed by atoms with Crippen LogP contribution in [0.1, 0.15) is 11.3 Å². The molecule has 3 aromatic heterocycles. The monoisotopic (exact) mass is 361 g/mol. The van der Waals surface area contributed by atoms with Crippen molar-refractivity contribution in [1.82, 2.24) is 19.2 Å². The van der Waals surface area contributed by atoms with E-state index in [0.29, 0.717) is 18.7 Å². The highest BCUT2D eigenvalue weighted by molar-refractivity contribution is 5.92. The number of anilines is 1. The van der Waals surface area contributed by atoms with Gasteiger partial charge in [0, 0.05) is 18.6 Å². The summed E-state index contributed by atoms with van der Waals surface area (Å²) in [6.45, 7) is 0.538. The lowest BCUT2D eigenvalue weighted by molar-refractivity contribution is -0.115. The number of methoxy groups -OCH3 is 1. The van der Waals surface area contributed by atoms with Crippen molar-refractivity contribution in [1.29, 1.82) is 0 Å². The van der Waals surface area contributed by atoms with E-state index < -0.39 is 0 Å². The number of amides is 1. The first-order chi connectivity index (χ1) is 13.2. The summed E-state index contributed by atoms with van der Waals surface area (Å²) in [5, 5.41) is 7.17. The van der Waals surface area contributed by atoms with Gasteiger partial charge in [0.2, 0.25) is 5.91 Å². The Bertz CT molecular complexity index is 1030. The first-order valence-corrected chi connectivity index (χ1v) is 8.57. The summed E-state index contributed by atoms with van der Waals surface area (Å²) in [6.07, 6.45) is 7.66. The molecule has 0 unspecified atom stereocenters. The van der Waals surface area contributed by atoms with Gasteiger partial charge in [-0.05, 0) is 29.8 Å². The van der Waals surface area contributed by atoms with Crippen molar-refractivity contribution in [3.63, 3.8) is 0 Å². The summed E-state index contributed by atoms with van der Waals surface area (Å²) in [7, 11) is 1.62. The second kappa shape index (κ2) is 7.33. The Hall–Kier alpha value is -3.61. The predicted octanol–water partition coefficient (Wildman–Crippen LogP) is 2.77. The number of hydrogen-bond acceptors (Lipinski definition) is 4. The number of benzene rings is 1. The Morgan fingerprint density at radius 3 is 2.78 bits per heavy atom. The third-order valence-electron chi connectivity index (χ3n) is 4.18. The minimum Gasteiger partial charge on any atom is -0.497 e. The number of fused-ring (bicyclic) bond motifs is 1. The van der Waals surface area contributed by atoms with Crippen LogP contribution in [0, 0.1) is 0 Å². The van der Waals surface area contributed by atoms with E-state index in [4.69, 9.17) is 4.74 Å². The highest BCUT2D eigenvalue weighted by Gasteiger charge is 2.08. The molecule has 4 aromatic rings. The summed E-state index contributed by atoms with van der Waals surface area (Å²) in [5.41, 5.74) is 3.38. The van der Waals surface area contributed by atoms with E-state index in [-0.39, 0.29) is 5.91 Å². The first kappa shape index (κ1) is 16.8. The zero-order valence-electron chi connectivity index (χ0n) is 14.9. The molecule has 0 atom stereocenters. The molecule has 0 aliphatic rings. The fraction of sp³-hybridized carbons (Fsp3) is 0.150. The van der Waals surface area contributed by atoms with Crippen LogP contribution < -0.4 is 10.1 Å².